The Labute approximate surface area is 116 Å². The summed E-state index contributed by atoms with van der Waals surface area (Å²) in [7, 11) is 0. The molecule has 0 aliphatic heterocycles. The number of hydrogen-bond acceptors (Lipinski definition) is 2. The van der Waals surface area contributed by atoms with Crippen molar-refractivity contribution in [2.45, 2.75) is 19.3 Å². The summed E-state index contributed by atoms with van der Waals surface area (Å²) >= 11 is 0. The molecule has 0 bridgehead atoms. The lowest BCUT2D eigenvalue weighted by atomic mass is 10.0. The van der Waals surface area contributed by atoms with Crippen molar-refractivity contribution in [1.29, 1.82) is 0 Å². The molecule has 98 valence electrons. The van der Waals surface area contributed by atoms with Crippen LogP contribution in [0.2, 0.25) is 0 Å². The summed E-state index contributed by atoms with van der Waals surface area (Å²) in [6, 6.07) is 14.3. The standard InChI is InChI=1S/C17H14N2O/c20-17-14-9-4-10-15(14)18-16(19-17)13-8-3-6-11-5-1-2-7-12(11)13/h1-3,5-8H,4,9-10H2,(H,18,19,20). The van der Waals surface area contributed by atoms with Crippen LogP contribution in [-0.2, 0) is 12.8 Å². The number of nitrogens with one attached hydrogen (secondary N) is 1. The van der Waals surface area contributed by atoms with Crippen LogP contribution in [0.15, 0.2) is 47.3 Å². The lowest BCUT2D eigenvalue weighted by Crippen LogP contribution is -2.15. The van der Waals surface area contributed by atoms with Gasteiger partial charge in [-0.3, -0.25) is 4.79 Å². The molecule has 0 spiro atoms. The molecule has 1 aliphatic rings. The van der Waals surface area contributed by atoms with Crippen molar-refractivity contribution in [1.82, 2.24) is 9.97 Å². The highest BCUT2D eigenvalue weighted by molar-refractivity contribution is 5.94. The summed E-state index contributed by atoms with van der Waals surface area (Å²) in [6.07, 6.45) is 2.80. The van der Waals surface area contributed by atoms with Gasteiger partial charge in [-0.2, -0.15) is 0 Å². The molecule has 1 aliphatic carbocycles. The minimum atomic E-state index is 0.0236. The van der Waals surface area contributed by atoms with E-state index in [1.807, 2.05) is 24.3 Å². The highest BCUT2D eigenvalue weighted by Gasteiger charge is 2.18. The van der Waals surface area contributed by atoms with E-state index in [9.17, 15) is 4.79 Å². The average Bonchev–Trinajstić information content (AvgIpc) is 2.95. The van der Waals surface area contributed by atoms with Crippen LogP contribution in [0.3, 0.4) is 0 Å². The molecule has 1 heterocycles. The van der Waals surface area contributed by atoms with Crippen LogP contribution < -0.4 is 5.56 Å². The third-order valence-corrected chi connectivity index (χ3v) is 3.99. The quantitative estimate of drug-likeness (QED) is 0.732. The van der Waals surface area contributed by atoms with Gasteiger partial charge in [0.15, 0.2) is 0 Å². The van der Waals surface area contributed by atoms with Gasteiger partial charge >= 0.3 is 0 Å². The third kappa shape index (κ3) is 1.67. The van der Waals surface area contributed by atoms with E-state index < -0.39 is 0 Å². The lowest BCUT2D eigenvalue weighted by molar-refractivity contribution is 0.899. The van der Waals surface area contributed by atoms with Crippen molar-refractivity contribution in [3.8, 4) is 11.4 Å². The second-order valence-electron chi connectivity index (χ2n) is 5.22. The Morgan fingerprint density at radius 2 is 1.85 bits per heavy atom. The molecule has 1 aromatic heterocycles. The lowest BCUT2D eigenvalue weighted by Gasteiger charge is -2.07. The Morgan fingerprint density at radius 1 is 1.00 bits per heavy atom. The third-order valence-electron chi connectivity index (χ3n) is 3.99. The van der Waals surface area contributed by atoms with Crippen LogP contribution in [0, 0.1) is 0 Å². The van der Waals surface area contributed by atoms with Crippen LogP contribution in [0.5, 0.6) is 0 Å². The van der Waals surface area contributed by atoms with Crippen molar-refractivity contribution >= 4 is 10.8 Å². The van der Waals surface area contributed by atoms with E-state index in [0.717, 1.165) is 46.9 Å². The molecule has 0 saturated carbocycles. The number of fused-ring (bicyclic) bond motifs is 2. The molecule has 4 rings (SSSR count). The van der Waals surface area contributed by atoms with E-state index in [1.54, 1.807) is 0 Å². The van der Waals surface area contributed by atoms with Gasteiger partial charge < -0.3 is 4.98 Å². The molecule has 0 fully saturated rings. The number of aromatic nitrogens is 2. The Morgan fingerprint density at radius 3 is 2.80 bits per heavy atom. The molecule has 0 saturated heterocycles. The fraction of sp³-hybridized carbons (Fsp3) is 0.176. The molecule has 0 unspecified atom stereocenters. The van der Waals surface area contributed by atoms with Gasteiger partial charge in [-0.1, -0.05) is 42.5 Å². The van der Waals surface area contributed by atoms with Gasteiger partial charge in [0.2, 0.25) is 0 Å². The van der Waals surface area contributed by atoms with Gasteiger partial charge in [0.1, 0.15) is 5.82 Å². The van der Waals surface area contributed by atoms with Crippen LogP contribution >= 0.6 is 0 Å². The summed E-state index contributed by atoms with van der Waals surface area (Å²) in [6.45, 7) is 0. The number of H-pyrrole nitrogens is 1. The largest absolute Gasteiger partial charge is 0.306 e. The Hall–Kier alpha value is -2.42. The summed E-state index contributed by atoms with van der Waals surface area (Å²) < 4.78 is 0. The molecular formula is C17H14N2O. The second-order valence-corrected chi connectivity index (χ2v) is 5.22. The van der Waals surface area contributed by atoms with Crippen LogP contribution in [0.4, 0.5) is 0 Å². The first-order valence-electron chi connectivity index (χ1n) is 6.93. The number of nitrogens with zero attached hydrogens (tertiary/aromatic N) is 1. The highest BCUT2D eigenvalue weighted by atomic mass is 16.1. The van der Waals surface area contributed by atoms with E-state index in [0.29, 0.717) is 5.82 Å². The maximum Gasteiger partial charge on any atom is 0.254 e. The van der Waals surface area contributed by atoms with Crippen molar-refractivity contribution in [2.24, 2.45) is 0 Å². The zero-order valence-corrected chi connectivity index (χ0v) is 11.0. The molecule has 3 nitrogen and oxygen atoms in total. The van der Waals surface area contributed by atoms with Crippen LogP contribution in [-0.4, -0.2) is 9.97 Å². The van der Waals surface area contributed by atoms with Gasteiger partial charge in [0.25, 0.3) is 5.56 Å². The van der Waals surface area contributed by atoms with Crippen molar-refractivity contribution in [3.63, 3.8) is 0 Å². The highest BCUT2D eigenvalue weighted by Crippen LogP contribution is 2.27. The maximum absolute atomic E-state index is 12.1. The summed E-state index contributed by atoms with van der Waals surface area (Å²) in [4.78, 5) is 19.8. The SMILES string of the molecule is O=c1[nH]c(-c2cccc3ccccc23)nc2c1CCC2. The molecule has 2 aromatic carbocycles. The van der Waals surface area contributed by atoms with Gasteiger partial charge in [-0.05, 0) is 30.0 Å². The molecule has 0 amide bonds. The number of benzene rings is 2. The number of rotatable bonds is 1. The van der Waals surface area contributed by atoms with Gasteiger partial charge in [0, 0.05) is 11.1 Å². The Balaban J connectivity index is 2.01. The summed E-state index contributed by atoms with van der Waals surface area (Å²) in [5.41, 5.74) is 2.86. The molecule has 0 radical (unpaired) electrons. The second kappa shape index (κ2) is 4.30. The Bertz CT molecular complexity index is 859. The van der Waals surface area contributed by atoms with Gasteiger partial charge in [-0.15, -0.1) is 0 Å². The average molecular weight is 262 g/mol. The molecular weight excluding hydrogens is 248 g/mol. The first kappa shape index (κ1) is 11.4. The van der Waals surface area contributed by atoms with Gasteiger partial charge in [-0.25, -0.2) is 4.98 Å². The minimum Gasteiger partial charge on any atom is -0.306 e. The Kier molecular flexibility index (Phi) is 2.46. The smallest absolute Gasteiger partial charge is 0.254 e. The molecule has 20 heavy (non-hydrogen) atoms. The number of aromatic amines is 1. The summed E-state index contributed by atoms with van der Waals surface area (Å²) in [5, 5.41) is 2.28. The number of hydrogen-bond donors (Lipinski definition) is 1. The monoisotopic (exact) mass is 262 g/mol. The van der Waals surface area contributed by atoms with Crippen LogP contribution in [0.1, 0.15) is 17.7 Å². The predicted octanol–water partition coefficient (Wildman–Crippen LogP) is 3.08. The first-order valence-corrected chi connectivity index (χ1v) is 6.93. The van der Waals surface area contributed by atoms with E-state index in [-0.39, 0.29) is 5.56 Å². The van der Waals surface area contributed by atoms with E-state index >= 15 is 0 Å². The topological polar surface area (TPSA) is 45.8 Å². The predicted molar refractivity (Wildman–Crippen MR) is 79.8 cm³/mol. The van der Waals surface area contributed by atoms with Crippen molar-refractivity contribution in [2.75, 3.05) is 0 Å². The summed E-state index contributed by atoms with van der Waals surface area (Å²) in [5.74, 6) is 0.687. The van der Waals surface area contributed by atoms with E-state index in [2.05, 4.69) is 28.2 Å². The molecule has 3 heteroatoms. The zero-order chi connectivity index (χ0) is 13.5. The van der Waals surface area contributed by atoms with E-state index in [4.69, 9.17) is 0 Å². The fourth-order valence-corrected chi connectivity index (χ4v) is 3.00. The van der Waals surface area contributed by atoms with Crippen LogP contribution in [0.25, 0.3) is 22.2 Å². The normalized spacial score (nSPS) is 13.6. The molecule has 0 atom stereocenters. The number of aryl methyl sites for hydroxylation is 1. The zero-order valence-electron chi connectivity index (χ0n) is 11.0. The maximum atomic E-state index is 12.1. The van der Waals surface area contributed by atoms with Gasteiger partial charge in [0.05, 0.1) is 5.69 Å². The van der Waals surface area contributed by atoms with Crippen molar-refractivity contribution < 1.29 is 0 Å². The molecule has 3 aromatic rings. The molecule has 1 N–H and O–H groups in total. The van der Waals surface area contributed by atoms with Crippen molar-refractivity contribution in [3.05, 3.63) is 64.1 Å². The van der Waals surface area contributed by atoms with E-state index in [1.165, 1.54) is 0 Å². The first-order chi connectivity index (χ1) is 9.83. The fourth-order valence-electron chi connectivity index (χ4n) is 3.00. The minimum absolute atomic E-state index is 0.0236.